The lowest BCUT2D eigenvalue weighted by molar-refractivity contribution is -0.136. The molecule has 0 aliphatic rings. The summed E-state index contributed by atoms with van der Waals surface area (Å²) in [7, 11) is 1.78. The highest BCUT2D eigenvalue weighted by atomic mass is 19.4. The van der Waals surface area contributed by atoms with E-state index in [1.165, 1.54) is 18.2 Å². The molecule has 2 amide bonds. The van der Waals surface area contributed by atoms with Crippen LogP contribution >= 0.6 is 0 Å². The van der Waals surface area contributed by atoms with Crippen LogP contribution in [0.1, 0.15) is 39.3 Å². The predicted molar refractivity (Wildman–Crippen MR) is 115 cm³/mol. The van der Waals surface area contributed by atoms with Crippen LogP contribution < -0.4 is 10.6 Å². The second kappa shape index (κ2) is 9.43. The van der Waals surface area contributed by atoms with E-state index in [9.17, 15) is 27.2 Å². The van der Waals surface area contributed by atoms with Crippen LogP contribution in [0.2, 0.25) is 0 Å². The summed E-state index contributed by atoms with van der Waals surface area (Å²) in [6.45, 7) is 3.66. The summed E-state index contributed by atoms with van der Waals surface area (Å²) < 4.78 is 55.6. The summed E-state index contributed by atoms with van der Waals surface area (Å²) in [5.41, 5.74) is 0.994. The number of halogens is 4. The topological polar surface area (TPSA) is 76.0 Å². The van der Waals surface area contributed by atoms with Gasteiger partial charge in [0, 0.05) is 30.4 Å². The first-order chi connectivity index (χ1) is 15.5. The predicted octanol–water partition coefficient (Wildman–Crippen LogP) is 5.02. The zero-order chi connectivity index (χ0) is 24.3. The van der Waals surface area contributed by atoms with Gasteiger partial charge in [0.05, 0.1) is 16.9 Å². The molecule has 0 atom stereocenters. The third kappa shape index (κ3) is 5.76. The lowest BCUT2D eigenvalue weighted by Gasteiger charge is -2.16. The SMILES string of the molecule is Cc1nn(C)c(C)c1CCC(=O)Nc1ccc(NC(=O)c2ccc(F)cc2)cc1C(F)(F)F. The molecule has 174 valence electrons. The van der Waals surface area contributed by atoms with E-state index in [0.29, 0.717) is 6.42 Å². The fourth-order valence-electron chi connectivity index (χ4n) is 3.40. The number of carbonyl (C=O) groups is 2. The zero-order valence-corrected chi connectivity index (χ0v) is 18.2. The number of anilines is 2. The highest BCUT2D eigenvalue weighted by Crippen LogP contribution is 2.37. The first-order valence-corrected chi connectivity index (χ1v) is 10.0. The maximum Gasteiger partial charge on any atom is 0.418 e. The van der Waals surface area contributed by atoms with Crippen LogP contribution in [0.25, 0.3) is 0 Å². The molecule has 6 nitrogen and oxygen atoms in total. The van der Waals surface area contributed by atoms with Crippen LogP contribution in [0.3, 0.4) is 0 Å². The van der Waals surface area contributed by atoms with Gasteiger partial charge in [-0.15, -0.1) is 0 Å². The molecule has 2 aromatic carbocycles. The van der Waals surface area contributed by atoms with E-state index in [1.54, 1.807) is 18.7 Å². The number of nitrogens with zero attached hydrogens (tertiary/aromatic N) is 2. The lowest BCUT2D eigenvalue weighted by atomic mass is 10.1. The minimum Gasteiger partial charge on any atom is -0.325 e. The molecule has 0 saturated heterocycles. The van der Waals surface area contributed by atoms with Gasteiger partial charge in [-0.05, 0) is 68.3 Å². The smallest absolute Gasteiger partial charge is 0.325 e. The largest absolute Gasteiger partial charge is 0.418 e. The molecule has 1 aromatic heterocycles. The average molecular weight is 462 g/mol. The van der Waals surface area contributed by atoms with E-state index in [-0.39, 0.29) is 17.7 Å². The van der Waals surface area contributed by atoms with Crippen molar-refractivity contribution in [2.75, 3.05) is 10.6 Å². The summed E-state index contributed by atoms with van der Waals surface area (Å²) in [5, 5.41) is 8.92. The molecule has 0 unspecified atom stereocenters. The van der Waals surface area contributed by atoms with E-state index in [1.807, 2.05) is 6.92 Å². The van der Waals surface area contributed by atoms with Crippen molar-refractivity contribution in [3.05, 3.63) is 76.4 Å². The Morgan fingerprint density at radius 3 is 2.27 bits per heavy atom. The average Bonchev–Trinajstić information content (AvgIpc) is 2.98. The Morgan fingerprint density at radius 2 is 1.70 bits per heavy atom. The van der Waals surface area contributed by atoms with Crippen LogP contribution in [0.5, 0.6) is 0 Å². The van der Waals surface area contributed by atoms with Crippen LogP contribution in [0.4, 0.5) is 28.9 Å². The Bertz CT molecular complexity index is 1180. The van der Waals surface area contributed by atoms with Gasteiger partial charge in [-0.3, -0.25) is 14.3 Å². The van der Waals surface area contributed by atoms with E-state index in [4.69, 9.17) is 0 Å². The van der Waals surface area contributed by atoms with E-state index in [2.05, 4.69) is 15.7 Å². The first kappa shape index (κ1) is 24.0. The van der Waals surface area contributed by atoms with Gasteiger partial charge in [-0.1, -0.05) is 0 Å². The van der Waals surface area contributed by atoms with Crippen molar-refractivity contribution in [3.8, 4) is 0 Å². The monoisotopic (exact) mass is 462 g/mol. The maximum absolute atomic E-state index is 13.6. The van der Waals surface area contributed by atoms with Crippen molar-refractivity contribution in [1.29, 1.82) is 0 Å². The fourth-order valence-corrected chi connectivity index (χ4v) is 3.40. The number of rotatable bonds is 6. The van der Waals surface area contributed by atoms with Gasteiger partial charge in [0.15, 0.2) is 0 Å². The van der Waals surface area contributed by atoms with Crippen molar-refractivity contribution >= 4 is 23.2 Å². The second-order valence-electron chi connectivity index (χ2n) is 7.54. The summed E-state index contributed by atoms with van der Waals surface area (Å²) in [5.74, 6) is -1.81. The van der Waals surface area contributed by atoms with E-state index >= 15 is 0 Å². The third-order valence-corrected chi connectivity index (χ3v) is 5.22. The van der Waals surface area contributed by atoms with Gasteiger partial charge in [-0.25, -0.2) is 4.39 Å². The van der Waals surface area contributed by atoms with Gasteiger partial charge >= 0.3 is 6.18 Å². The number of hydrogen-bond donors (Lipinski definition) is 2. The maximum atomic E-state index is 13.6. The van der Waals surface area contributed by atoms with Gasteiger partial charge < -0.3 is 10.6 Å². The van der Waals surface area contributed by atoms with Crippen LogP contribution in [-0.4, -0.2) is 21.6 Å². The zero-order valence-electron chi connectivity index (χ0n) is 18.2. The molecule has 0 aliphatic carbocycles. The molecule has 0 saturated carbocycles. The Hall–Kier alpha value is -3.69. The number of aryl methyl sites for hydroxylation is 2. The molecule has 0 radical (unpaired) electrons. The molecule has 0 bridgehead atoms. The number of amides is 2. The van der Waals surface area contributed by atoms with Crippen molar-refractivity contribution in [1.82, 2.24) is 9.78 Å². The second-order valence-corrected chi connectivity index (χ2v) is 7.54. The van der Waals surface area contributed by atoms with E-state index in [0.717, 1.165) is 41.2 Å². The van der Waals surface area contributed by atoms with Crippen molar-refractivity contribution in [3.63, 3.8) is 0 Å². The van der Waals surface area contributed by atoms with Crippen molar-refractivity contribution in [2.24, 2.45) is 7.05 Å². The minimum atomic E-state index is -4.77. The number of aromatic nitrogens is 2. The van der Waals surface area contributed by atoms with Crippen LogP contribution in [0.15, 0.2) is 42.5 Å². The Morgan fingerprint density at radius 1 is 1.03 bits per heavy atom. The highest BCUT2D eigenvalue weighted by molar-refractivity contribution is 6.04. The quantitative estimate of drug-likeness (QED) is 0.505. The molecular formula is C23H22F4N4O2. The summed E-state index contributed by atoms with van der Waals surface area (Å²) in [4.78, 5) is 24.6. The van der Waals surface area contributed by atoms with Crippen molar-refractivity contribution in [2.45, 2.75) is 32.9 Å². The molecule has 1 heterocycles. The Balaban J connectivity index is 1.74. The molecule has 0 spiro atoms. The number of hydrogen-bond acceptors (Lipinski definition) is 3. The first-order valence-electron chi connectivity index (χ1n) is 10.0. The van der Waals surface area contributed by atoms with Gasteiger partial charge in [0.2, 0.25) is 5.91 Å². The molecular weight excluding hydrogens is 440 g/mol. The van der Waals surface area contributed by atoms with Crippen molar-refractivity contribution < 1.29 is 27.2 Å². The summed E-state index contributed by atoms with van der Waals surface area (Å²) in [6.07, 6.45) is -4.45. The normalized spacial score (nSPS) is 11.4. The molecule has 33 heavy (non-hydrogen) atoms. The number of carbonyl (C=O) groups excluding carboxylic acids is 2. The molecule has 3 rings (SSSR count). The molecule has 2 N–H and O–H groups in total. The number of alkyl halides is 3. The van der Waals surface area contributed by atoms with Crippen LogP contribution in [-0.2, 0) is 24.4 Å². The van der Waals surface area contributed by atoms with E-state index < -0.39 is 35.1 Å². The highest BCUT2D eigenvalue weighted by Gasteiger charge is 2.34. The van der Waals surface area contributed by atoms with Gasteiger partial charge in [0.25, 0.3) is 5.91 Å². The van der Waals surface area contributed by atoms with Gasteiger partial charge in [-0.2, -0.15) is 18.3 Å². The fraction of sp³-hybridized carbons (Fsp3) is 0.261. The Kier molecular flexibility index (Phi) is 6.85. The standard InChI is InChI=1S/C23H22F4N4O2/c1-13-18(14(2)31(3)30-13)9-11-21(32)29-20-10-8-17(12-19(20)23(25,26)27)28-22(33)15-4-6-16(24)7-5-15/h4-8,10,12H,9,11H2,1-3H3,(H,28,33)(H,29,32). The van der Waals surface area contributed by atoms with Crippen LogP contribution in [0, 0.1) is 19.7 Å². The molecule has 10 heteroatoms. The molecule has 0 aliphatic heterocycles. The lowest BCUT2D eigenvalue weighted by Crippen LogP contribution is -2.18. The van der Waals surface area contributed by atoms with Gasteiger partial charge in [0.1, 0.15) is 5.82 Å². The Labute approximate surface area is 187 Å². The summed E-state index contributed by atoms with van der Waals surface area (Å²) >= 11 is 0. The molecule has 3 aromatic rings. The summed E-state index contributed by atoms with van der Waals surface area (Å²) in [6, 6.07) is 7.66. The number of nitrogens with one attached hydrogen (secondary N) is 2. The minimum absolute atomic E-state index is 0.0201. The third-order valence-electron chi connectivity index (χ3n) is 5.22. The number of benzene rings is 2. The molecule has 0 fully saturated rings.